The van der Waals surface area contributed by atoms with E-state index in [4.69, 9.17) is 11.6 Å². The molecule has 0 unspecified atom stereocenters. The number of halogens is 2. The smallest absolute Gasteiger partial charge is 0.255 e. The van der Waals surface area contributed by atoms with Crippen molar-refractivity contribution in [3.63, 3.8) is 0 Å². The van der Waals surface area contributed by atoms with Crippen LogP contribution in [0.25, 0.3) is 0 Å². The van der Waals surface area contributed by atoms with Crippen molar-refractivity contribution in [2.45, 2.75) is 6.92 Å². The molecule has 4 heteroatoms. The van der Waals surface area contributed by atoms with Gasteiger partial charge in [0, 0.05) is 9.13 Å². The molecule has 0 aromatic heterocycles. The van der Waals surface area contributed by atoms with Crippen molar-refractivity contribution < 1.29 is 4.79 Å². The first-order valence-electron chi connectivity index (χ1n) is 5.40. The van der Waals surface area contributed by atoms with Gasteiger partial charge in [-0.05, 0) is 65.4 Å². The van der Waals surface area contributed by atoms with Crippen molar-refractivity contribution in [3.8, 4) is 0 Å². The topological polar surface area (TPSA) is 29.1 Å². The Kier molecular flexibility index (Phi) is 4.24. The minimum Gasteiger partial charge on any atom is -0.320 e. The fraction of sp³-hybridized carbons (Fsp3) is 0.0714. The molecule has 1 N–H and O–H groups in total. The van der Waals surface area contributed by atoms with Crippen molar-refractivity contribution in [2.24, 2.45) is 0 Å². The van der Waals surface area contributed by atoms with Crippen LogP contribution in [0, 0.1) is 10.5 Å². The van der Waals surface area contributed by atoms with E-state index in [1.54, 1.807) is 18.2 Å². The van der Waals surface area contributed by atoms with Crippen LogP contribution in [-0.2, 0) is 0 Å². The van der Waals surface area contributed by atoms with Gasteiger partial charge in [-0.1, -0.05) is 23.7 Å². The van der Waals surface area contributed by atoms with Crippen molar-refractivity contribution in [3.05, 3.63) is 62.2 Å². The largest absolute Gasteiger partial charge is 0.320 e. The zero-order chi connectivity index (χ0) is 13.1. The van der Waals surface area contributed by atoms with Crippen LogP contribution in [0.5, 0.6) is 0 Å². The Bertz CT molecular complexity index is 561. The fourth-order valence-electron chi connectivity index (χ4n) is 1.58. The van der Waals surface area contributed by atoms with Crippen LogP contribution in [0.15, 0.2) is 42.5 Å². The Labute approximate surface area is 124 Å². The number of benzene rings is 2. The predicted octanol–water partition coefficient (Wildman–Crippen LogP) is 4.51. The Balaban J connectivity index is 2.24. The Hall–Kier alpha value is -1.07. The quantitative estimate of drug-likeness (QED) is 0.774. The summed E-state index contributed by atoms with van der Waals surface area (Å²) in [6, 6.07) is 12.9. The first-order valence-corrected chi connectivity index (χ1v) is 6.85. The van der Waals surface area contributed by atoms with E-state index in [1.807, 2.05) is 31.2 Å². The predicted molar refractivity (Wildman–Crippen MR) is 83.3 cm³/mol. The number of hydrogen-bond donors (Lipinski definition) is 1. The standard InChI is InChI=1S/C14H11ClINO/c1-9-3-2-4-12(15)13(9)17-14(18)10-5-7-11(16)8-6-10/h2-8H,1H3,(H,17,18). The summed E-state index contributed by atoms with van der Waals surface area (Å²) in [5, 5.41) is 3.39. The van der Waals surface area contributed by atoms with Gasteiger partial charge in [0.05, 0.1) is 10.7 Å². The van der Waals surface area contributed by atoms with E-state index in [9.17, 15) is 4.79 Å². The third kappa shape index (κ3) is 3.03. The van der Waals surface area contributed by atoms with Gasteiger partial charge in [-0.2, -0.15) is 0 Å². The van der Waals surface area contributed by atoms with E-state index < -0.39 is 0 Å². The number of aryl methyl sites for hydroxylation is 1. The first-order chi connectivity index (χ1) is 8.58. The van der Waals surface area contributed by atoms with Crippen LogP contribution in [0.2, 0.25) is 5.02 Å². The maximum Gasteiger partial charge on any atom is 0.255 e. The highest BCUT2D eigenvalue weighted by molar-refractivity contribution is 14.1. The van der Waals surface area contributed by atoms with Gasteiger partial charge in [0.15, 0.2) is 0 Å². The van der Waals surface area contributed by atoms with Crippen molar-refractivity contribution in [1.29, 1.82) is 0 Å². The Morgan fingerprint density at radius 2 is 1.83 bits per heavy atom. The molecule has 0 fully saturated rings. The molecule has 2 nitrogen and oxygen atoms in total. The number of nitrogens with one attached hydrogen (secondary N) is 1. The van der Waals surface area contributed by atoms with Crippen LogP contribution in [-0.4, -0.2) is 5.91 Å². The van der Waals surface area contributed by atoms with Gasteiger partial charge in [-0.25, -0.2) is 0 Å². The summed E-state index contributed by atoms with van der Waals surface area (Å²) in [4.78, 5) is 12.1. The molecule has 0 saturated heterocycles. The molecule has 0 spiro atoms. The molecule has 0 heterocycles. The minimum absolute atomic E-state index is 0.150. The van der Waals surface area contributed by atoms with Crippen LogP contribution in [0.1, 0.15) is 15.9 Å². The van der Waals surface area contributed by atoms with Gasteiger partial charge in [-0.15, -0.1) is 0 Å². The molecule has 2 aromatic carbocycles. The number of amides is 1. The lowest BCUT2D eigenvalue weighted by molar-refractivity contribution is 0.102. The van der Waals surface area contributed by atoms with E-state index in [0.717, 1.165) is 9.13 Å². The molecule has 0 bridgehead atoms. The molecule has 0 radical (unpaired) electrons. The highest BCUT2D eigenvalue weighted by Gasteiger charge is 2.09. The third-order valence-electron chi connectivity index (χ3n) is 2.57. The highest BCUT2D eigenvalue weighted by atomic mass is 127. The van der Waals surface area contributed by atoms with Gasteiger partial charge >= 0.3 is 0 Å². The zero-order valence-electron chi connectivity index (χ0n) is 9.71. The van der Waals surface area contributed by atoms with E-state index in [0.29, 0.717) is 16.3 Å². The van der Waals surface area contributed by atoms with Crippen LogP contribution >= 0.6 is 34.2 Å². The van der Waals surface area contributed by atoms with E-state index >= 15 is 0 Å². The number of para-hydroxylation sites is 1. The maximum atomic E-state index is 12.1. The summed E-state index contributed by atoms with van der Waals surface area (Å²) < 4.78 is 1.10. The molecule has 0 atom stereocenters. The molecule has 2 aromatic rings. The van der Waals surface area contributed by atoms with Crippen molar-refractivity contribution in [2.75, 3.05) is 5.32 Å². The second-order valence-electron chi connectivity index (χ2n) is 3.89. The molecular weight excluding hydrogens is 361 g/mol. The summed E-state index contributed by atoms with van der Waals surface area (Å²) >= 11 is 8.27. The lowest BCUT2D eigenvalue weighted by Crippen LogP contribution is -2.13. The van der Waals surface area contributed by atoms with Crippen LogP contribution in [0.4, 0.5) is 5.69 Å². The molecule has 0 aliphatic rings. The lowest BCUT2D eigenvalue weighted by atomic mass is 10.1. The SMILES string of the molecule is Cc1cccc(Cl)c1NC(=O)c1ccc(I)cc1. The van der Waals surface area contributed by atoms with Gasteiger partial charge in [-0.3, -0.25) is 4.79 Å². The molecule has 0 aliphatic heterocycles. The monoisotopic (exact) mass is 371 g/mol. The molecular formula is C14H11ClINO. The fourth-order valence-corrected chi connectivity index (χ4v) is 2.21. The maximum absolute atomic E-state index is 12.1. The molecule has 2 rings (SSSR count). The lowest BCUT2D eigenvalue weighted by Gasteiger charge is -2.10. The number of carbonyl (C=O) groups excluding carboxylic acids is 1. The summed E-state index contributed by atoms with van der Waals surface area (Å²) in [5.74, 6) is -0.150. The minimum atomic E-state index is -0.150. The Morgan fingerprint density at radius 3 is 2.44 bits per heavy atom. The molecule has 92 valence electrons. The molecule has 1 amide bonds. The number of hydrogen-bond acceptors (Lipinski definition) is 1. The van der Waals surface area contributed by atoms with E-state index in [-0.39, 0.29) is 5.91 Å². The molecule has 18 heavy (non-hydrogen) atoms. The first kappa shape index (κ1) is 13.4. The summed E-state index contributed by atoms with van der Waals surface area (Å²) in [6.07, 6.45) is 0. The van der Waals surface area contributed by atoms with Gasteiger partial charge in [0.25, 0.3) is 5.91 Å². The highest BCUT2D eigenvalue weighted by Crippen LogP contribution is 2.25. The van der Waals surface area contributed by atoms with Gasteiger partial charge in [0.2, 0.25) is 0 Å². The van der Waals surface area contributed by atoms with Gasteiger partial charge < -0.3 is 5.32 Å². The second kappa shape index (κ2) is 5.71. The average molecular weight is 372 g/mol. The second-order valence-corrected chi connectivity index (χ2v) is 5.55. The van der Waals surface area contributed by atoms with Gasteiger partial charge in [0.1, 0.15) is 0 Å². The summed E-state index contributed by atoms with van der Waals surface area (Å²) in [6.45, 7) is 1.91. The molecule has 0 aliphatic carbocycles. The average Bonchev–Trinajstić information content (AvgIpc) is 2.34. The zero-order valence-corrected chi connectivity index (χ0v) is 12.6. The number of carbonyl (C=O) groups is 1. The van der Waals surface area contributed by atoms with E-state index in [2.05, 4.69) is 27.9 Å². The van der Waals surface area contributed by atoms with Crippen LogP contribution < -0.4 is 5.32 Å². The number of rotatable bonds is 2. The summed E-state index contributed by atoms with van der Waals surface area (Å²) in [7, 11) is 0. The van der Waals surface area contributed by atoms with E-state index in [1.165, 1.54) is 0 Å². The van der Waals surface area contributed by atoms with Crippen molar-refractivity contribution >= 4 is 45.8 Å². The third-order valence-corrected chi connectivity index (χ3v) is 3.60. The van der Waals surface area contributed by atoms with Crippen molar-refractivity contribution in [1.82, 2.24) is 0 Å². The number of anilines is 1. The molecule has 0 saturated carbocycles. The normalized spacial score (nSPS) is 10.2. The van der Waals surface area contributed by atoms with Crippen LogP contribution in [0.3, 0.4) is 0 Å². The summed E-state index contributed by atoms with van der Waals surface area (Å²) in [5.41, 5.74) is 2.24. The Morgan fingerprint density at radius 1 is 1.17 bits per heavy atom.